The Labute approximate surface area is 108 Å². The molecule has 3 N–H and O–H groups in total. The lowest BCUT2D eigenvalue weighted by Crippen LogP contribution is -2.02. The number of nitrogens with zero attached hydrogens (tertiary/aromatic N) is 5. The highest BCUT2D eigenvalue weighted by Crippen LogP contribution is 2.24. The van der Waals surface area contributed by atoms with E-state index in [0.717, 1.165) is 11.4 Å². The number of benzene rings is 1. The zero-order chi connectivity index (χ0) is 13.2. The van der Waals surface area contributed by atoms with Crippen molar-refractivity contribution in [2.45, 2.75) is 0 Å². The van der Waals surface area contributed by atoms with Crippen LogP contribution >= 0.6 is 0 Å². The number of rotatable bonds is 3. The van der Waals surface area contributed by atoms with E-state index in [4.69, 9.17) is 10.5 Å². The van der Waals surface area contributed by atoms with Gasteiger partial charge in [0.05, 0.1) is 24.6 Å². The Morgan fingerprint density at radius 3 is 2.68 bits per heavy atom. The van der Waals surface area contributed by atoms with Crippen LogP contribution < -0.4 is 10.5 Å². The number of nitrogens with one attached hydrogen (secondary N) is 1. The summed E-state index contributed by atoms with van der Waals surface area (Å²) in [4.78, 5) is 0. The van der Waals surface area contributed by atoms with Gasteiger partial charge in [0.15, 0.2) is 0 Å². The van der Waals surface area contributed by atoms with Crippen molar-refractivity contribution in [2.24, 2.45) is 0 Å². The minimum Gasteiger partial charge on any atom is -0.497 e. The zero-order valence-electron chi connectivity index (χ0n) is 10.1. The van der Waals surface area contributed by atoms with Crippen LogP contribution in [0.1, 0.15) is 0 Å². The third kappa shape index (κ3) is 1.88. The highest BCUT2D eigenvalue weighted by molar-refractivity contribution is 5.69. The maximum absolute atomic E-state index is 6.04. The Bertz CT molecular complexity index is 672. The number of hydrogen-bond acceptors (Lipinski definition) is 6. The molecule has 3 rings (SSSR count). The van der Waals surface area contributed by atoms with Crippen molar-refractivity contribution in [2.75, 3.05) is 12.8 Å². The third-order valence-corrected chi connectivity index (χ3v) is 2.71. The van der Waals surface area contributed by atoms with Gasteiger partial charge in [-0.15, -0.1) is 10.2 Å². The van der Waals surface area contributed by atoms with Gasteiger partial charge in [0.25, 0.3) is 0 Å². The van der Waals surface area contributed by atoms with Crippen LogP contribution in [0.5, 0.6) is 5.75 Å². The molecule has 0 aliphatic rings. The fourth-order valence-electron chi connectivity index (χ4n) is 1.74. The van der Waals surface area contributed by atoms with Crippen LogP contribution in [0.4, 0.5) is 5.82 Å². The van der Waals surface area contributed by atoms with E-state index in [1.807, 2.05) is 24.3 Å². The average molecular weight is 257 g/mol. The van der Waals surface area contributed by atoms with Gasteiger partial charge in [0.1, 0.15) is 11.6 Å². The van der Waals surface area contributed by atoms with Crippen molar-refractivity contribution >= 4 is 5.82 Å². The van der Waals surface area contributed by atoms with E-state index < -0.39 is 0 Å². The van der Waals surface area contributed by atoms with E-state index in [9.17, 15) is 0 Å². The molecule has 0 atom stereocenters. The second-order valence-electron chi connectivity index (χ2n) is 3.79. The van der Waals surface area contributed by atoms with E-state index in [1.165, 1.54) is 0 Å². The van der Waals surface area contributed by atoms with Gasteiger partial charge < -0.3 is 10.5 Å². The van der Waals surface area contributed by atoms with Gasteiger partial charge in [-0.25, -0.2) is 4.68 Å². The summed E-state index contributed by atoms with van der Waals surface area (Å²) in [5.74, 6) is 1.64. The summed E-state index contributed by atoms with van der Waals surface area (Å²) in [6, 6.07) is 7.40. The smallest absolute Gasteiger partial charge is 0.209 e. The Morgan fingerprint density at radius 1 is 1.26 bits per heavy atom. The molecule has 2 heterocycles. The Kier molecular flexibility index (Phi) is 2.60. The van der Waals surface area contributed by atoms with Crippen LogP contribution in [0, 0.1) is 0 Å². The summed E-state index contributed by atoms with van der Waals surface area (Å²) >= 11 is 0. The number of tetrazole rings is 1. The van der Waals surface area contributed by atoms with Crippen molar-refractivity contribution in [1.82, 2.24) is 30.4 Å². The molecule has 0 amide bonds. The maximum Gasteiger partial charge on any atom is 0.209 e. The molecule has 1 aromatic carbocycles. The van der Waals surface area contributed by atoms with Crippen LogP contribution in [0.2, 0.25) is 0 Å². The monoisotopic (exact) mass is 257 g/mol. The van der Waals surface area contributed by atoms with Crippen LogP contribution in [-0.4, -0.2) is 37.5 Å². The molecule has 19 heavy (non-hydrogen) atoms. The van der Waals surface area contributed by atoms with E-state index >= 15 is 0 Å². The maximum atomic E-state index is 6.04. The van der Waals surface area contributed by atoms with Gasteiger partial charge in [0.2, 0.25) is 5.82 Å². The van der Waals surface area contributed by atoms with Crippen LogP contribution in [0.15, 0.2) is 30.5 Å². The fraction of sp³-hybridized carbons (Fsp3) is 0.0909. The summed E-state index contributed by atoms with van der Waals surface area (Å²) < 4.78 is 6.71. The predicted molar refractivity (Wildman–Crippen MR) is 67.7 cm³/mol. The molecule has 0 aliphatic carbocycles. The third-order valence-electron chi connectivity index (χ3n) is 2.71. The van der Waals surface area contributed by atoms with E-state index in [0.29, 0.717) is 17.2 Å². The Morgan fingerprint density at radius 2 is 2.05 bits per heavy atom. The highest BCUT2D eigenvalue weighted by Gasteiger charge is 2.14. The first-order chi connectivity index (χ1) is 9.29. The minimum absolute atomic E-state index is 0.414. The number of aromatic amines is 1. The van der Waals surface area contributed by atoms with Gasteiger partial charge in [-0.05, 0) is 29.5 Å². The summed E-state index contributed by atoms with van der Waals surface area (Å²) in [5, 5.41) is 17.9. The SMILES string of the molecule is COc1ccc(-n2ncc(-c3nn[nH]n3)c2N)cc1. The lowest BCUT2D eigenvalue weighted by molar-refractivity contribution is 0.414. The van der Waals surface area contributed by atoms with Crippen LogP contribution in [0.25, 0.3) is 17.1 Å². The minimum atomic E-state index is 0.414. The van der Waals surface area contributed by atoms with Gasteiger partial charge in [-0.3, -0.25) is 0 Å². The Balaban J connectivity index is 2.01. The van der Waals surface area contributed by atoms with Crippen LogP contribution in [-0.2, 0) is 0 Å². The number of aromatic nitrogens is 6. The molecule has 2 aromatic heterocycles. The van der Waals surface area contributed by atoms with Gasteiger partial charge >= 0.3 is 0 Å². The molecule has 8 heteroatoms. The quantitative estimate of drug-likeness (QED) is 0.713. The molecular formula is C11H11N7O. The van der Waals surface area contributed by atoms with E-state index in [1.54, 1.807) is 18.0 Å². The summed E-state index contributed by atoms with van der Waals surface area (Å²) in [7, 11) is 1.62. The molecule has 0 saturated heterocycles. The first-order valence-electron chi connectivity index (χ1n) is 5.51. The molecule has 0 spiro atoms. The molecule has 0 radical (unpaired) electrons. The molecule has 96 valence electrons. The number of nitrogens with two attached hydrogens (primary N) is 1. The molecule has 0 saturated carbocycles. The number of methoxy groups -OCH3 is 1. The van der Waals surface area contributed by atoms with Crippen molar-refractivity contribution in [3.63, 3.8) is 0 Å². The summed E-state index contributed by atoms with van der Waals surface area (Å²) in [5.41, 5.74) is 7.50. The molecule has 0 fully saturated rings. The van der Waals surface area contributed by atoms with Crippen LogP contribution in [0.3, 0.4) is 0 Å². The highest BCUT2D eigenvalue weighted by atomic mass is 16.5. The Hall–Kier alpha value is -2.90. The molecule has 3 aromatic rings. The molecular weight excluding hydrogens is 246 g/mol. The summed E-state index contributed by atoms with van der Waals surface area (Å²) in [6.07, 6.45) is 1.60. The number of nitrogen functional groups attached to an aromatic ring is 1. The van der Waals surface area contributed by atoms with Crippen molar-refractivity contribution in [3.8, 4) is 22.8 Å². The first kappa shape index (κ1) is 11.2. The summed E-state index contributed by atoms with van der Waals surface area (Å²) in [6.45, 7) is 0. The second kappa shape index (κ2) is 4.41. The van der Waals surface area contributed by atoms with Gasteiger partial charge in [-0.2, -0.15) is 10.3 Å². The normalized spacial score (nSPS) is 10.6. The number of hydrogen-bond donors (Lipinski definition) is 2. The topological polar surface area (TPSA) is 108 Å². The fourth-order valence-corrected chi connectivity index (χ4v) is 1.74. The van der Waals surface area contributed by atoms with Gasteiger partial charge in [0, 0.05) is 0 Å². The number of ether oxygens (including phenoxy) is 1. The molecule has 0 bridgehead atoms. The second-order valence-corrected chi connectivity index (χ2v) is 3.79. The lowest BCUT2D eigenvalue weighted by Gasteiger charge is -2.05. The molecule has 8 nitrogen and oxygen atoms in total. The van der Waals surface area contributed by atoms with Crippen molar-refractivity contribution < 1.29 is 4.74 Å². The molecule has 0 aliphatic heterocycles. The van der Waals surface area contributed by atoms with Crippen molar-refractivity contribution in [1.29, 1.82) is 0 Å². The number of anilines is 1. The van der Waals surface area contributed by atoms with E-state index in [-0.39, 0.29) is 0 Å². The standard InChI is InChI=1S/C11H11N7O/c1-19-8-4-2-7(3-5-8)18-10(12)9(6-13-18)11-14-16-17-15-11/h2-6H,12H2,1H3,(H,14,15,16,17). The van der Waals surface area contributed by atoms with Gasteiger partial charge in [-0.1, -0.05) is 0 Å². The lowest BCUT2D eigenvalue weighted by atomic mass is 10.3. The molecule has 0 unspecified atom stereocenters. The van der Waals surface area contributed by atoms with Crippen molar-refractivity contribution in [3.05, 3.63) is 30.5 Å². The largest absolute Gasteiger partial charge is 0.497 e. The zero-order valence-corrected chi connectivity index (χ0v) is 10.1. The predicted octanol–water partition coefficient (Wildman–Crippen LogP) is 0.643. The first-order valence-corrected chi connectivity index (χ1v) is 5.51. The van der Waals surface area contributed by atoms with E-state index in [2.05, 4.69) is 25.7 Å². The average Bonchev–Trinajstić information content (AvgIpc) is 3.08. The number of H-pyrrole nitrogens is 1.